The fourth-order valence-corrected chi connectivity index (χ4v) is 2.70. The van der Waals surface area contributed by atoms with Gasteiger partial charge in [0.1, 0.15) is 0 Å². The lowest BCUT2D eigenvalue weighted by atomic mass is 9.54. The van der Waals surface area contributed by atoms with Crippen LogP contribution in [-0.4, -0.2) is 53.6 Å². The quantitative estimate of drug-likeness (QED) is 0.494. The van der Waals surface area contributed by atoms with E-state index < -0.39 is 17.5 Å². The van der Waals surface area contributed by atoms with Gasteiger partial charge < -0.3 is 25.6 Å². The number of rotatable bonds is 8. The highest BCUT2D eigenvalue weighted by Gasteiger charge is 2.61. The van der Waals surface area contributed by atoms with Gasteiger partial charge >= 0.3 is 12.0 Å². The average molecular weight is 302 g/mol. The van der Waals surface area contributed by atoms with Crippen molar-refractivity contribution in [2.24, 2.45) is 5.41 Å². The van der Waals surface area contributed by atoms with Crippen LogP contribution in [0.5, 0.6) is 0 Å². The Morgan fingerprint density at radius 2 is 2.05 bits per heavy atom. The molecule has 0 aromatic carbocycles. The maximum atomic E-state index is 11.9. The molecular weight excluding hydrogens is 276 g/mol. The van der Waals surface area contributed by atoms with Gasteiger partial charge in [-0.1, -0.05) is 13.8 Å². The second-order valence-corrected chi connectivity index (χ2v) is 5.99. The molecule has 0 heterocycles. The number of carboxylic acids is 1. The number of ether oxygens (including phenoxy) is 1. The summed E-state index contributed by atoms with van der Waals surface area (Å²) in [6.45, 7) is 6.55. The minimum atomic E-state index is -0.885. The Balaban J connectivity index is 2.47. The third-order valence-corrected chi connectivity index (χ3v) is 4.42. The molecule has 2 amide bonds. The largest absolute Gasteiger partial charge is 0.481 e. The maximum Gasteiger partial charge on any atom is 0.315 e. The van der Waals surface area contributed by atoms with Crippen molar-refractivity contribution in [3.63, 3.8) is 0 Å². The van der Waals surface area contributed by atoms with Crippen LogP contribution in [0.4, 0.5) is 4.79 Å². The van der Waals surface area contributed by atoms with Gasteiger partial charge in [0.15, 0.2) is 0 Å². The zero-order chi connectivity index (χ0) is 16.1. The molecule has 7 nitrogen and oxygen atoms in total. The molecule has 1 fully saturated rings. The highest BCUT2D eigenvalue weighted by atomic mass is 16.5. The van der Waals surface area contributed by atoms with E-state index in [1.807, 2.05) is 20.8 Å². The van der Waals surface area contributed by atoms with E-state index in [-0.39, 0.29) is 31.1 Å². The van der Waals surface area contributed by atoms with Crippen LogP contribution >= 0.6 is 0 Å². The van der Waals surface area contributed by atoms with E-state index in [0.717, 1.165) is 0 Å². The number of urea groups is 1. The van der Waals surface area contributed by atoms with Crippen molar-refractivity contribution in [2.75, 3.05) is 19.8 Å². The lowest BCUT2D eigenvalue weighted by Crippen LogP contribution is -2.75. The molecule has 1 rings (SSSR count). The van der Waals surface area contributed by atoms with E-state index in [1.165, 1.54) is 0 Å². The number of carbonyl (C=O) groups is 2. The van der Waals surface area contributed by atoms with Gasteiger partial charge in [-0.3, -0.25) is 4.79 Å². The molecule has 0 aromatic heterocycles. The number of aliphatic hydroxyl groups excluding tert-OH is 1. The Bertz CT molecular complexity index is 386. The lowest BCUT2D eigenvalue weighted by molar-refractivity contribution is -0.172. The Kier molecular flexibility index (Phi) is 5.98. The molecule has 0 radical (unpaired) electrons. The first-order valence-electron chi connectivity index (χ1n) is 7.29. The third-order valence-electron chi connectivity index (χ3n) is 4.42. The van der Waals surface area contributed by atoms with Gasteiger partial charge in [0.25, 0.3) is 0 Å². The normalized spacial score (nSPS) is 26.8. The van der Waals surface area contributed by atoms with Crippen LogP contribution in [0.1, 0.15) is 40.0 Å². The summed E-state index contributed by atoms with van der Waals surface area (Å²) in [7, 11) is 0. The van der Waals surface area contributed by atoms with Gasteiger partial charge in [0.2, 0.25) is 0 Å². The summed E-state index contributed by atoms with van der Waals surface area (Å²) in [5.74, 6) is -0.885. The standard InChI is InChI=1S/C14H26N2O5/c1-4-21-10-8-14(9-17,13(10,2)3)16-12(20)15-7-5-6-11(18)19/h10,17H,4-9H2,1-3H3,(H,18,19)(H2,15,16,20). The van der Waals surface area contributed by atoms with Crippen molar-refractivity contribution in [3.8, 4) is 0 Å². The smallest absolute Gasteiger partial charge is 0.315 e. The molecule has 2 atom stereocenters. The number of aliphatic carboxylic acids is 1. The lowest BCUT2D eigenvalue weighted by Gasteiger charge is -2.60. The van der Waals surface area contributed by atoms with Crippen molar-refractivity contribution in [1.29, 1.82) is 0 Å². The SMILES string of the molecule is CCOC1CC(CO)(NC(=O)NCCCC(=O)O)C1(C)C. The Morgan fingerprint density at radius 1 is 1.38 bits per heavy atom. The van der Waals surface area contributed by atoms with E-state index in [0.29, 0.717) is 19.4 Å². The Morgan fingerprint density at radius 3 is 2.52 bits per heavy atom. The van der Waals surface area contributed by atoms with Gasteiger partial charge in [-0.15, -0.1) is 0 Å². The molecule has 2 unspecified atom stereocenters. The van der Waals surface area contributed by atoms with Gasteiger partial charge in [0.05, 0.1) is 18.2 Å². The van der Waals surface area contributed by atoms with Gasteiger partial charge in [-0.05, 0) is 13.3 Å². The van der Waals surface area contributed by atoms with Crippen molar-refractivity contribution < 1.29 is 24.5 Å². The molecular formula is C14H26N2O5. The maximum absolute atomic E-state index is 11.9. The monoisotopic (exact) mass is 302 g/mol. The average Bonchev–Trinajstić information content (AvgIpc) is 2.41. The number of aliphatic hydroxyl groups is 1. The Hall–Kier alpha value is -1.34. The number of carbonyl (C=O) groups excluding carboxylic acids is 1. The highest BCUT2D eigenvalue weighted by molar-refractivity contribution is 5.75. The molecule has 0 aromatic rings. The summed E-state index contributed by atoms with van der Waals surface area (Å²) < 4.78 is 5.61. The van der Waals surface area contributed by atoms with Crippen LogP contribution < -0.4 is 10.6 Å². The van der Waals surface area contributed by atoms with Crippen LogP contribution in [0.25, 0.3) is 0 Å². The number of nitrogens with one attached hydrogen (secondary N) is 2. The molecule has 0 saturated heterocycles. The van der Waals surface area contributed by atoms with E-state index in [4.69, 9.17) is 9.84 Å². The predicted octanol–water partition coefficient (Wildman–Crippen LogP) is 0.716. The van der Waals surface area contributed by atoms with E-state index in [1.54, 1.807) is 0 Å². The first kappa shape index (κ1) is 17.7. The second kappa shape index (κ2) is 7.09. The molecule has 1 aliphatic carbocycles. The van der Waals surface area contributed by atoms with Crippen molar-refractivity contribution in [3.05, 3.63) is 0 Å². The van der Waals surface area contributed by atoms with Crippen LogP contribution in [-0.2, 0) is 9.53 Å². The first-order chi connectivity index (χ1) is 9.79. The second-order valence-electron chi connectivity index (χ2n) is 5.99. The van der Waals surface area contributed by atoms with Crippen molar-refractivity contribution >= 4 is 12.0 Å². The molecule has 0 spiro atoms. The minimum absolute atomic E-state index is 0.00182. The van der Waals surface area contributed by atoms with Crippen molar-refractivity contribution in [1.82, 2.24) is 10.6 Å². The van der Waals surface area contributed by atoms with Crippen LogP contribution in [0.15, 0.2) is 0 Å². The van der Waals surface area contributed by atoms with Crippen LogP contribution in [0.2, 0.25) is 0 Å². The zero-order valence-electron chi connectivity index (χ0n) is 12.9. The summed E-state index contributed by atoms with van der Waals surface area (Å²) in [5, 5.41) is 23.6. The van der Waals surface area contributed by atoms with Gasteiger partial charge in [-0.2, -0.15) is 0 Å². The molecule has 0 bridgehead atoms. The summed E-state index contributed by atoms with van der Waals surface area (Å²) >= 11 is 0. The molecule has 122 valence electrons. The predicted molar refractivity (Wildman–Crippen MR) is 77.0 cm³/mol. The molecule has 1 aliphatic rings. The van der Waals surface area contributed by atoms with Crippen molar-refractivity contribution in [2.45, 2.75) is 51.7 Å². The molecule has 21 heavy (non-hydrogen) atoms. The molecule has 4 N–H and O–H groups in total. The topological polar surface area (TPSA) is 108 Å². The fraction of sp³-hybridized carbons (Fsp3) is 0.857. The van der Waals surface area contributed by atoms with Gasteiger partial charge in [0, 0.05) is 31.4 Å². The number of hydrogen-bond acceptors (Lipinski definition) is 4. The fourth-order valence-electron chi connectivity index (χ4n) is 2.70. The van der Waals surface area contributed by atoms with Crippen LogP contribution in [0, 0.1) is 5.41 Å². The van der Waals surface area contributed by atoms with E-state index >= 15 is 0 Å². The van der Waals surface area contributed by atoms with Crippen LogP contribution in [0.3, 0.4) is 0 Å². The summed E-state index contributed by atoms with van der Waals surface area (Å²) in [6, 6.07) is -0.391. The highest BCUT2D eigenvalue weighted by Crippen LogP contribution is 2.51. The first-order valence-corrected chi connectivity index (χ1v) is 7.29. The zero-order valence-corrected chi connectivity index (χ0v) is 12.9. The minimum Gasteiger partial charge on any atom is -0.481 e. The molecule has 7 heteroatoms. The Labute approximate surface area is 125 Å². The number of carboxylic acid groups (broad SMARTS) is 1. The summed E-state index contributed by atoms with van der Waals surface area (Å²) in [4.78, 5) is 22.3. The third kappa shape index (κ3) is 3.85. The van der Waals surface area contributed by atoms with E-state index in [9.17, 15) is 14.7 Å². The number of amides is 2. The summed E-state index contributed by atoms with van der Waals surface area (Å²) in [6.07, 6.45) is 0.956. The van der Waals surface area contributed by atoms with E-state index in [2.05, 4.69) is 10.6 Å². The van der Waals surface area contributed by atoms with Gasteiger partial charge in [-0.25, -0.2) is 4.79 Å². The molecule has 0 aliphatic heterocycles. The summed E-state index contributed by atoms with van der Waals surface area (Å²) in [5.41, 5.74) is -1.07. The molecule has 1 saturated carbocycles. The number of hydrogen-bond donors (Lipinski definition) is 4.